The molecule has 9 heteroatoms. The Labute approximate surface area is 174 Å². The molecule has 0 N–H and O–H groups in total. The third-order valence-corrected chi connectivity index (χ3v) is 6.25. The number of piperazine rings is 1. The Kier molecular flexibility index (Phi) is 6.13. The van der Waals surface area contributed by atoms with Crippen molar-refractivity contribution in [2.45, 2.75) is 37.9 Å². The van der Waals surface area contributed by atoms with E-state index in [0.29, 0.717) is 31.9 Å². The maximum atomic E-state index is 12.7. The normalized spacial score (nSPS) is 16.9. The molecule has 0 atom stereocenters. The highest BCUT2D eigenvalue weighted by atomic mass is 32.2. The van der Waals surface area contributed by atoms with Crippen molar-refractivity contribution < 1.29 is 9.59 Å². The van der Waals surface area contributed by atoms with Crippen molar-refractivity contribution in [1.82, 2.24) is 29.5 Å². The fourth-order valence-electron chi connectivity index (χ4n) is 3.52. The molecule has 1 aliphatic heterocycles. The first kappa shape index (κ1) is 19.9. The zero-order valence-electron chi connectivity index (χ0n) is 16.7. The first-order valence-electron chi connectivity index (χ1n) is 10.2. The van der Waals surface area contributed by atoms with Crippen molar-refractivity contribution in [2.75, 3.05) is 31.9 Å². The number of pyridine rings is 1. The van der Waals surface area contributed by atoms with Gasteiger partial charge in [0.25, 0.3) is 0 Å². The molecule has 154 valence electrons. The number of carbonyl (C=O) groups is 2. The van der Waals surface area contributed by atoms with Gasteiger partial charge in [0.2, 0.25) is 11.8 Å². The number of hydrogen-bond acceptors (Lipinski definition) is 6. The van der Waals surface area contributed by atoms with Gasteiger partial charge in [-0.25, -0.2) is 0 Å². The van der Waals surface area contributed by atoms with Crippen LogP contribution in [0.5, 0.6) is 0 Å². The van der Waals surface area contributed by atoms with Crippen molar-refractivity contribution in [2.24, 2.45) is 5.92 Å². The van der Waals surface area contributed by atoms with Crippen LogP contribution in [0.25, 0.3) is 11.4 Å². The Hall–Kier alpha value is -2.42. The monoisotopic (exact) mass is 414 g/mol. The number of carbonyl (C=O) groups excluding carboxylic acids is 2. The first-order valence-corrected chi connectivity index (χ1v) is 11.2. The second-order valence-corrected chi connectivity index (χ2v) is 8.41. The molecule has 2 amide bonds. The van der Waals surface area contributed by atoms with E-state index in [1.54, 1.807) is 12.4 Å². The standard InChI is InChI=1S/C20H26N6O2S/c1-2-9-26-18(15-5-7-21-8-6-15)22-23-20(26)29-14-17(27)24-10-12-25(13-11-24)19(28)16-3-4-16/h5-8,16H,2-4,9-14H2,1H3. The highest BCUT2D eigenvalue weighted by Gasteiger charge is 2.35. The van der Waals surface area contributed by atoms with Gasteiger partial charge < -0.3 is 14.4 Å². The summed E-state index contributed by atoms with van der Waals surface area (Å²) in [6, 6.07) is 3.83. The van der Waals surface area contributed by atoms with E-state index in [-0.39, 0.29) is 17.7 Å². The second kappa shape index (κ2) is 8.94. The minimum atomic E-state index is 0.0880. The molecule has 0 aromatic carbocycles. The van der Waals surface area contributed by atoms with Gasteiger partial charge in [-0.3, -0.25) is 14.6 Å². The lowest BCUT2D eigenvalue weighted by Crippen LogP contribution is -2.51. The van der Waals surface area contributed by atoms with Gasteiger partial charge in [0, 0.05) is 56.6 Å². The number of amides is 2. The maximum absolute atomic E-state index is 12.7. The molecule has 8 nitrogen and oxygen atoms in total. The average molecular weight is 415 g/mol. The summed E-state index contributed by atoms with van der Waals surface area (Å²) < 4.78 is 2.07. The Balaban J connectivity index is 1.34. The Morgan fingerprint density at radius 2 is 1.76 bits per heavy atom. The van der Waals surface area contributed by atoms with Crippen LogP contribution in [-0.4, -0.2) is 73.3 Å². The number of rotatable bonds is 7. The smallest absolute Gasteiger partial charge is 0.233 e. The lowest BCUT2D eigenvalue weighted by atomic mass is 10.2. The van der Waals surface area contributed by atoms with Crippen LogP contribution < -0.4 is 0 Å². The van der Waals surface area contributed by atoms with Crippen molar-refractivity contribution in [3.63, 3.8) is 0 Å². The molecule has 0 spiro atoms. The molecule has 1 aliphatic carbocycles. The highest BCUT2D eigenvalue weighted by Crippen LogP contribution is 2.31. The molecule has 2 aromatic heterocycles. The summed E-state index contributed by atoms with van der Waals surface area (Å²) in [6.45, 7) is 5.42. The van der Waals surface area contributed by atoms with Crippen LogP contribution in [0.1, 0.15) is 26.2 Å². The fourth-order valence-corrected chi connectivity index (χ4v) is 4.38. The predicted octanol–water partition coefficient (Wildman–Crippen LogP) is 1.92. The number of hydrogen-bond donors (Lipinski definition) is 0. The average Bonchev–Trinajstić information content (AvgIpc) is 3.54. The van der Waals surface area contributed by atoms with Crippen molar-refractivity contribution >= 4 is 23.6 Å². The van der Waals surface area contributed by atoms with Gasteiger partial charge in [-0.15, -0.1) is 10.2 Å². The Morgan fingerprint density at radius 1 is 1.07 bits per heavy atom. The maximum Gasteiger partial charge on any atom is 0.233 e. The molecular weight excluding hydrogens is 388 g/mol. The van der Waals surface area contributed by atoms with Gasteiger partial charge in [0.15, 0.2) is 11.0 Å². The van der Waals surface area contributed by atoms with Crippen molar-refractivity contribution in [3.05, 3.63) is 24.5 Å². The van der Waals surface area contributed by atoms with Crippen LogP contribution in [0, 0.1) is 5.92 Å². The van der Waals surface area contributed by atoms with Crippen LogP contribution >= 0.6 is 11.8 Å². The third kappa shape index (κ3) is 4.60. The van der Waals surface area contributed by atoms with E-state index in [9.17, 15) is 9.59 Å². The van der Waals surface area contributed by atoms with Crippen LogP contribution in [0.15, 0.2) is 29.7 Å². The zero-order valence-corrected chi connectivity index (χ0v) is 17.5. The Morgan fingerprint density at radius 3 is 2.41 bits per heavy atom. The predicted molar refractivity (Wildman–Crippen MR) is 110 cm³/mol. The van der Waals surface area contributed by atoms with Crippen LogP contribution in [0.4, 0.5) is 0 Å². The third-order valence-electron chi connectivity index (χ3n) is 5.30. The summed E-state index contributed by atoms with van der Waals surface area (Å²) >= 11 is 1.43. The van der Waals surface area contributed by atoms with Crippen LogP contribution in [0.2, 0.25) is 0 Å². The molecule has 4 rings (SSSR count). The fraction of sp³-hybridized carbons (Fsp3) is 0.550. The summed E-state index contributed by atoms with van der Waals surface area (Å²) in [5, 5.41) is 9.42. The van der Waals surface area contributed by atoms with E-state index in [0.717, 1.165) is 42.4 Å². The molecule has 0 radical (unpaired) electrons. The molecular formula is C20H26N6O2S. The summed E-state index contributed by atoms with van der Waals surface area (Å²) in [7, 11) is 0. The second-order valence-electron chi connectivity index (χ2n) is 7.46. The van der Waals surface area contributed by atoms with Gasteiger partial charge >= 0.3 is 0 Å². The molecule has 1 saturated carbocycles. The van der Waals surface area contributed by atoms with Crippen molar-refractivity contribution in [1.29, 1.82) is 0 Å². The molecule has 1 saturated heterocycles. The molecule has 0 bridgehead atoms. The minimum absolute atomic E-state index is 0.0880. The van der Waals surface area contributed by atoms with Crippen molar-refractivity contribution in [3.8, 4) is 11.4 Å². The lowest BCUT2D eigenvalue weighted by Gasteiger charge is -2.34. The van der Waals surface area contributed by atoms with E-state index >= 15 is 0 Å². The van der Waals surface area contributed by atoms with Gasteiger partial charge in [-0.05, 0) is 31.4 Å². The van der Waals surface area contributed by atoms with Gasteiger partial charge in [-0.2, -0.15) is 0 Å². The Bertz CT molecular complexity index is 859. The van der Waals surface area contributed by atoms with E-state index < -0.39 is 0 Å². The minimum Gasteiger partial charge on any atom is -0.339 e. The van der Waals surface area contributed by atoms with E-state index in [4.69, 9.17) is 0 Å². The summed E-state index contributed by atoms with van der Waals surface area (Å²) in [4.78, 5) is 32.7. The summed E-state index contributed by atoms with van der Waals surface area (Å²) in [6.07, 6.45) is 6.48. The highest BCUT2D eigenvalue weighted by molar-refractivity contribution is 7.99. The summed E-state index contributed by atoms with van der Waals surface area (Å²) in [5.41, 5.74) is 0.968. The molecule has 3 heterocycles. The SMILES string of the molecule is CCCn1c(SCC(=O)N2CCN(C(=O)C3CC3)CC2)nnc1-c1ccncc1. The van der Waals surface area contributed by atoms with E-state index in [1.807, 2.05) is 21.9 Å². The first-order chi connectivity index (χ1) is 14.2. The topological polar surface area (TPSA) is 84.2 Å². The zero-order chi connectivity index (χ0) is 20.2. The quantitative estimate of drug-likeness (QED) is 0.644. The van der Waals surface area contributed by atoms with Crippen LogP contribution in [-0.2, 0) is 16.1 Å². The van der Waals surface area contributed by atoms with Gasteiger partial charge in [-0.1, -0.05) is 18.7 Å². The largest absolute Gasteiger partial charge is 0.339 e. The van der Waals surface area contributed by atoms with Gasteiger partial charge in [0.1, 0.15) is 0 Å². The molecule has 2 aromatic rings. The molecule has 0 unspecified atom stereocenters. The number of thioether (sulfide) groups is 1. The van der Waals surface area contributed by atoms with Gasteiger partial charge in [0.05, 0.1) is 5.75 Å². The molecule has 2 fully saturated rings. The summed E-state index contributed by atoms with van der Waals surface area (Å²) in [5.74, 6) is 1.73. The number of aromatic nitrogens is 4. The van der Waals surface area contributed by atoms with Crippen LogP contribution in [0.3, 0.4) is 0 Å². The molecule has 2 aliphatic rings. The lowest BCUT2D eigenvalue weighted by molar-refractivity contribution is -0.139. The van der Waals surface area contributed by atoms with E-state index in [2.05, 4.69) is 26.7 Å². The molecule has 29 heavy (non-hydrogen) atoms. The number of nitrogens with zero attached hydrogens (tertiary/aromatic N) is 6. The van der Waals surface area contributed by atoms with E-state index in [1.165, 1.54) is 11.8 Å².